The summed E-state index contributed by atoms with van der Waals surface area (Å²) >= 11 is 0. The molecule has 1 aliphatic carbocycles. The second kappa shape index (κ2) is 4.90. The number of aromatic nitrogens is 4. The predicted molar refractivity (Wildman–Crippen MR) is 79.4 cm³/mol. The average Bonchev–Trinajstić information content (AvgIpc) is 3.22. The van der Waals surface area contributed by atoms with E-state index in [4.69, 9.17) is 0 Å². The molecule has 122 valence electrons. The molecule has 0 aromatic carbocycles. The van der Waals surface area contributed by atoms with Gasteiger partial charge in [-0.15, -0.1) is 0 Å². The monoisotopic (exact) mass is 320 g/mol. The SMILES string of the molecule is CCC(=O)Cn1c(=O)c2c(ncn2C2(C(=O)O)CC2)n(C)c1=O. The van der Waals surface area contributed by atoms with E-state index >= 15 is 0 Å². The molecule has 23 heavy (non-hydrogen) atoms. The van der Waals surface area contributed by atoms with Crippen LogP contribution in [0.2, 0.25) is 0 Å². The Kier molecular flexibility index (Phi) is 3.24. The van der Waals surface area contributed by atoms with Gasteiger partial charge in [-0.05, 0) is 12.8 Å². The molecule has 9 nitrogen and oxygen atoms in total. The fourth-order valence-corrected chi connectivity index (χ4v) is 2.70. The van der Waals surface area contributed by atoms with Crippen LogP contribution in [0, 0.1) is 0 Å². The Hall–Kier alpha value is -2.71. The largest absolute Gasteiger partial charge is 0.479 e. The van der Waals surface area contributed by atoms with Crippen molar-refractivity contribution in [1.82, 2.24) is 18.7 Å². The highest BCUT2D eigenvalue weighted by Gasteiger charge is 2.53. The minimum atomic E-state index is -1.18. The number of Topliss-reactive ketones (excluding diaryl/α,β-unsaturated/α-hetero) is 1. The molecule has 1 N–H and O–H groups in total. The van der Waals surface area contributed by atoms with Crippen molar-refractivity contribution in [3.8, 4) is 0 Å². The molecule has 2 heterocycles. The van der Waals surface area contributed by atoms with Crippen molar-refractivity contribution >= 4 is 22.9 Å². The molecular weight excluding hydrogens is 304 g/mol. The number of aliphatic carboxylic acids is 1. The van der Waals surface area contributed by atoms with Crippen LogP contribution in [-0.4, -0.2) is 35.5 Å². The molecule has 1 aliphatic rings. The minimum Gasteiger partial charge on any atom is -0.479 e. The van der Waals surface area contributed by atoms with E-state index < -0.39 is 22.8 Å². The van der Waals surface area contributed by atoms with Crippen molar-refractivity contribution in [3.05, 3.63) is 27.2 Å². The lowest BCUT2D eigenvalue weighted by Gasteiger charge is -2.13. The van der Waals surface area contributed by atoms with Gasteiger partial charge in [0, 0.05) is 13.5 Å². The molecule has 3 rings (SSSR count). The van der Waals surface area contributed by atoms with Crippen molar-refractivity contribution in [2.24, 2.45) is 7.05 Å². The summed E-state index contributed by atoms with van der Waals surface area (Å²) in [6.45, 7) is 1.31. The zero-order valence-corrected chi connectivity index (χ0v) is 12.8. The third kappa shape index (κ3) is 2.03. The molecule has 9 heteroatoms. The van der Waals surface area contributed by atoms with Crippen LogP contribution in [0.1, 0.15) is 26.2 Å². The molecular formula is C14H16N4O5. The number of nitrogens with zero attached hydrogens (tertiary/aromatic N) is 4. The van der Waals surface area contributed by atoms with Crippen LogP contribution >= 0.6 is 0 Å². The molecule has 1 saturated carbocycles. The predicted octanol–water partition coefficient (Wildman–Crippen LogP) is -0.550. The summed E-state index contributed by atoms with van der Waals surface area (Å²) in [6, 6.07) is 0. The average molecular weight is 320 g/mol. The number of carbonyl (C=O) groups excluding carboxylic acids is 1. The molecule has 2 aromatic heterocycles. The first-order valence-corrected chi connectivity index (χ1v) is 7.26. The van der Waals surface area contributed by atoms with Crippen molar-refractivity contribution in [3.63, 3.8) is 0 Å². The van der Waals surface area contributed by atoms with Gasteiger partial charge >= 0.3 is 11.7 Å². The van der Waals surface area contributed by atoms with E-state index in [9.17, 15) is 24.3 Å². The number of hydrogen-bond donors (Lipinski definition) is 1. The van der Waals surface area contributed by atoms with Gasteiger partial charge in [0.25, 0.3) is 5.56 Å². The number of carboxylic acids is 1. The van der Waals surface area contributed by atoms with Crippen molar-refractivity contribution < 1.29 is 14.7 Å². The molecule has 0 unspecified atom stereocenters. The quantitative estimate of drug-likeness (QED) is 0.790. The molecule has 0 spiro atoms. The number of ketones is 1. The summed E-state index contributed by atoms with van der Waals surface area (Å²) in [6.07, 6.45) is 2.26. The Morgan fingerprint density at radius 1 is 1.35 bits per heavy atom. The lowest BCUT2D eigenvalue weighted by atomic mass is 10.2. The zero-order valence-electron chi connectivity index (χ0n) is 12.8. The number of fused-ring (bicyclic) bond motifs is 1. The van der Waals surface area contributed by atoms with Crippen molar-refractivity contribution in [2.75, 3.05) is 0 Å². The number of carboxylic acid groups (broad SMARTS) is 1. The molecule has 2 aromatic rings. The number of imidazole rings is 1. The van der Waals surface area contributed by atoms with E-state index in [2.05, 4.69) is 4.98 Å². The summed E-state index contributed by atoms with van der Waals surface area (Å²) in [5, 5.41) is 9.42. The molecule has 0 bridgehead atoms. The topological polar surface area (TPSA) is 116 Å². The maximum absolute atomic E-state index is 12.7. The van der Waals surface area contributed by atoms with E-state index in [1.54, 1.807) is 6.92 Å². The smallest absolute Gasteiger partial charge is 0.332 e. The third-order valence-electron chi connectivity index (χ3n) is 4.34. The molecule has 0 atom stereocenters. The van der Waals surface area contributed by atoms with E-state index in [0.29, 0.717) is 12.8 Å². The van der Waals surface area contributed by atoms with Gasteiger partial charge in [-0.3, -0.25) is 18.7 Å². The first-order valence-electron chi connectivity index (χ1n) is 7.26. The van der Waals surface area contributed by atoms with E-state index in [1.165, 1.54) is 17.9 Å². The number of carbonyl (C=O) groups is 2. The summed E-state index contributed by atoms with van der Waals surface area (Å²) < 4.78 is 3.32. The van der Waals surface area contributed by atoms with Crippen LogP contribution in [0.5, 0.6) is 0 Å². The Bertz CT molecular complexity index is 944. The fourth-order valence-electron chi connectivity index (χ4n) is 2.70. The Morgan fingerprint density at radius 2 is 2.00 bits per heavy atom. The number of rotatable bonds is 5. The molecule has 0 saturated heterocycles. The van der Waals surface area contributed by atoms with Gasteiger partial charge in [-0.25, -0.2) is 14.6 Å². The third-order valence-corrected chi connectivity index (χ3v) is 4.34. The Labute approximate surface area is 129 Å². The van der Waals surface area contributed by atoms with Crippen LogP contribution in [0.15, 0.2) is 15.9 Å². The number of hydrogen-bond acceptors (Lipinski definition) is 5. The van der Waals surface area contributed by atoms with E-state index in [-0.39, 0.29) is 29.9 Å². The summed E-state index contributed by atoms with van der Waals surface area (Å²) in [4.78, 5) is 52.1. The summed E-state index contributed by atoms with van der Waals surface area (Å²) in [5.41, 5.74) is -2.36. The minimum absolute atomic E-state index is 0.0379. The van der Waals surface area contributed by atoms with E-state index in [1.807, 2.05) is 0 Å². The van der Waals surface area contributed by atoms with E-state index in [0.717, 1.165) is 9.13 Å². The van der Waals surface area contributed by atoms with Crippen LogP contribution < -0.4 is 11.2 Å². The first-order chi connectivity index (χ1) is 10.8. The normalized spacial score (nSPS) is 15.7. The Morgan fingerprint density at radius 3 is 2.52 bits per heavy atom. The van der Waals surface area contributed by atoms with Crippen molar-refractivity contribution in [2.45, 2.75) is 38.3 Å². The van der Waals surface area contributed by atoms with Gasteiger partial charge in [0.05, 0.1) is 12.9 Å². The maximum atomic E-state index is 12.7. The van der Waals surface area contributed by atoms with Crippen LogP contribution in [0.25, 0.3) is 11.2 Å². The van der Waals surface area contributed by atoms with Crippen LogP contribution in [-0.2, 0) is 28.7 Å². The van der Waals surface area contributed by atoms with Gasteiger partial charge in [-0.2, -0.15) is 0 Å². The molecule has 0 amide bonds. The van der Waals surface area contributed by atoms with Gasteiger partial charge < -0.3 is 9.67 Å². The highest BCUT2D eigenvalue weighted by atomic mass is 16.4. The molecule has 0 radical (unpaired) electrons. The molecule has 1 fully saturated rings. The van der Waals surface area contributed by atoms with Crippen LogP contribution in [0.3, 0.4) is 0 Å². The van der Waals surface area contributed by atoms with Crippen LogP contribution in [0.4, 0.5) is 0 Å². The lowest BCUT2D eigenvalue weighted by Crippen LogP contribution is -2.42. The standard InChI is InChI=1S/C14H16N4O5/c1-3-8(19)6-17-11(20)9-10(16(2)13(17)23)15-7-18(9)14(4-5-14)12(21)22/h7H,3-6H2,1-2H3,(H,21,22). The highest BCUT2D eigenvalue weighted by molar-refractivity contribution is 5.84. The van der Waals surface area contributed by atoms with Gasteiger partial charge in [0.1, 0.15) is 5.54 Å². The second-order valence-electron chi connectivity index (χ2n) is 5.75. The zero-order chi connectivity index (χ0) is 16.9. The fraction of sp³-hybridized carbons (Fsp3) is 0.500. The first kappa shape index (κ1) is 15.2. The second-order valence-corrected chi connectivity index (χ2v) is 5.75. The Balaban J connectivity index is 2.33. The highest BCUT2D eigenvalue weighted by Crippen LogP contribution is 2.44. The van der Waals surface area contributed by atoms with Crippen molar-refractivity contribution in [1.29, 1.82) is 0 Å². The van der Waals surface area contributed by atoms with Gasteiger partial charge in [0.15, 0.2) is 16.9 Å². The maximum Gasteiger partial charge on any atom is 0.332 e. The lowest BCUT2D eigenvalue weighted by molar-refractivity contribution is -0.142. The summed E-state index contributed by atoms with van der Waals surface area (Å²) in [5.74, 6) is -1.30. The van der Waals surface area contributed by atoms with Gasteiger partial charge in [-0.1, -0.05) is 6.92 Å². The van der Waals surface area contributed by atoms with Gasteiger partial charge in [0.2, 0.25) is 0 Å². The number of aryl methyl sites for hydroxylation is 1. The molecule has 0 aliphatic heterocycles. The summed E-state index contributed by atoms with van der Waals surface area (Å²) in [7, 11) is 1.44.